The fraction of sp³-hybridized carbons (Fsp3) is 0. The minimum absolute atomic E-state index is 0. The molecule has 4 nitrogen and oxygen atoms in total. The first-order valence-electron chi connectivity index (χ1n) is 1.85. The molecule has 56 valence electrons. The normalized spacial score (nSPS) is 7.80. The van der Waals surface area contributed by atoms with E-state index in [1.807, 2.05) is 0 Å². The summed E-state index contributed by atoms with van der Waals surface area (Å²) in [5.41, 5.74) is 0. The summed E-state index contributed by atoms with van der Waals surface area (Å²) < 4.78 is 31.6. The van der Waals surface area contributed by atoms with Crippen molar-refractivity contribution < 1.29 is 17.5 Å². The van der Waals surface area contributed by atoms with Crippen LogP contribution in [-0.2, 0) is 10.4 Å². The Morgan fingerprint density at radius 3 is 1.20 bits per heavy atom. The van der Waals surface area contributed by atoms with Crippen molar-refractivity contribution in [2.45, 2.75) is 0 Å². The van der Waals surface area contributed by atoms with E-state index >= 15 is 0 Å². The number of hydrogen-bond donors (Lipinski definition) is 2. The van der Waals surface area contributed by atoms with Gasteiger partial charge in [-0.1, -0.05) is 25.3 Å². The zero-order valence-corrected chi connectivity index (χ0v) is 5.50. The first kappa shape index (κ1) is 16.7. The molecule has 10 heavy (non-hydrogen) atoms. The van der Waals surface area contributed by atoms with Crippen LogP contribution in [0.2, 0.25) is 0 Å². The van der Waals surface area contributed by atoms with Crippen LogP contribution in [0.3, 0.4) is 0 Å². The van der Waals surface area contributed by atoms with E-state index in [0.717, 1.165) is 0 Å². The molecule has 0 saturated carbocycles. The molecule has 0 aromatic carbocycles. The molecule has 0 aliphatic rings. The van der Waals surface area contributed by atoms with Gasteiger partial charge in [0.15, 0.2) is 0 Å². The Bertz CT molecular complexity index is 158. The standard InChI is InChI=1S/C4H6.Na.H2O4S.H/c1-3-4-2;;1-5(2,3)4;/h3-4H,1-2H2;;(H2,1,2,3,4);. The zero-order chi connectivity index (χ0) is 7.91. The van der Waals surface area contributed by atoms with E-state index in [0.29, 0.717) is 0 Å². The molecule has 0 aromatic heterocycles. The molecule has 0 fully saturated rings. The third-order valence-corrected chi connectivity index (χ3v) is 0.167. The molecule has 0 unspecified atom stereocenters. The second kappa shape index (κ2) is 9.35. The summed E-state index contributed by atoms with van der Waals surface area (Å²) >= 11 is 0. The molecule has 2 N–H and O–H groups in total. The first-order chi connectivity index (χ1) is 3.91. The molecule has 0 aromatic rings. The topological polar surface area (TPSA) is 74.6 Å². The fourth-order valence-electron chi connectivity index (χ4n) is 0. The summed E-state index contributed by atoms with van der Waals surface area (Å²) in [6.45, 7) is 6.72. The molecule has 0 bridgehead atoms. The Hall–Kier alpha value is 0.350. The Kier molecular flexibility index (Phi) is 15.7. The summed E-state index contributed by atoms with van der Waals surface area (Å²) in [7, 11) is -4.67. The van der Waals surface area contributed by atoms with Gasteiger partial charge in [-0.15, -0.1) is 0 Å². The molecule has 0 heterocycles. The molecule has 0 rings (SSSR count). The van der Waals surface area contributed by atoms with Gasteiger partial charge in [-0.3, -0.25) is 9.11 Å². The summed E-state index contributed by atoms with van der Waals surface area (Å²) in [5.74, 6) is 0. The Morgan fingerprint density at radius 2 is 1.20 bits per heavy atom. The van der Waals surface area contributed by atoms with Crippen molar-refractivity contribution in [2.24, 2.45) is 0 Å². The van der Waals surface area contributed by atoms with Crippen molar-refractivity contribution in [1.82, 2.24) is 0 Å². The van der Waals surface area contributed by atoms with E-state index in [4.69, 9.17) is 17.5 Å². The van der Waals surface area contributed by atoms with Crippen molar-refractivity contribution in [1.29, 1.82) is 0 Å². The first-order valence-corrected chi connectivity index (χ1v) is 3.25. The maximum absolute atomic E-state index is 8.74. The van der Waals surface area contributed by atoms with E-state index in [1.165, 1.54) is 0 Å². The van der Waals surface area contributed by atoms with Crippen LogP contribution in [0.1, 0.15) is 0 Å². The average Bonchev–Trinajstić information content (AvgIpc) is 1.61. The van der Waals surface area contributed by atoms with Gasteiger partial charge in [-0.05, 0) is 0 Å². The summed E-state index contributed by atoms with van der Waals surface area (Å²) in [6, 6.07) is 0. The van der Waals surface area contributed by atoms with E-state index in [1.54, 1.807) is 12.2 Å². The predicted molar refractivity (Wildman–Crippen MR) is 41.7 cm³/mol. The van der Waals surface area contributed by atoms with E-state index in [-0.39, 0.29) is 29.6 Å². The molecule has 0 amide bonds. The van der Waals surface area contributed by atoms with Crippen molar-refractivity contribution in [3.05, 3.63) is 25.3 Å². The van der Waals surface area contributed by atoms with Crippen molar-refractivity contribution in [3.8, 4) is 0 Å². The maximum atomic E-state index is 8.74. The van der Waals surface area contributed by atoms with Gasteiger partial charge >= 0.3 is 40.0 Å². The second-order valence-corrected chi connectivity index (χ2v) is 1.81. The molecule has 0 atom stereocenters. The van der Waals surface area contributed by atoms with Crippen LogP contribution in [0, 0.1) is 0 Å². The molecule has 0 radical (unpaired) electrons. The zero-order valence-electron chi connectivity index (χ0n) is 4.69. The molecular weight excluding hydrogens is 167 g/mol. The Labute approximate surface area is 82.5 Å². The summed E-state index contributed by atoms with van der Waals surface area (Å²) in [6.07, 6.45) is 3.28. The summed E-state index contributed by atoms with van der Waals surface area (Å²) in [5, 5.41) is 0. The van der Waals surface area contributed by atoms with Crippen molar-refractivity contribution >= 4 is 40.0 Å². The van der Waals surface area contributed by atoms with Gasteiger partial charge in [-0.2, -0.15) is 8.42 Å². The van der Waals surface area contributed by atoms with Gasteiger partial charge in [0.25, 0.3) is 0 Å². The number of rotatable bonds is 1. The molecular formula is C4H9NaO4S. The third kappa shape index (κ3) is 248. The SMILES string of the molecule is C=CC=C.O=S(=O)(O)O.[NaH]. The summed E-state index contributed by atoms with van der Waals surface area (Å²) in [4.78, 5) is 0. The molecule has 0 saturated heterocycles. The number of allylic oxidation sites excluding steroid dienone is 2. The quantitative estimate of drug-likeness (QED) is 0.336. The van der Waals surface area contributed by atoms with Crippen LogP contribution in [0.4, 0.5) is 0 Å². The van der Waals surface area contributed by atoms with Crippen LogP contribution in [0.25, 0.3) is 0 Å². The minimum atomic E-state index is -4.67. The van der Waals surface area contributed by atoms with Gasteiger partial charge in [0.05, 0.1) is 0 Å². The monoisotopic (exact) mass is 176 g/mol. The van der Waals surface area contributed by atoms with Gasteiger partial charge in [0.1, 0.15) is 0 Å². The van der Waals surface area contributed by atoms with Gasteiger partial charge in [0, 0.05) is 0 Å². The van der Waals surface area contributed by atoms with Crippen molar-refractivity contribution in [3.63, 3.8) is 0 Å². The fourth-order valence-corrected chi connectivity index (χ4v) is 0. The van der Waals surface area contributed by atoms with Crippen LogP contribution >= 0.6 is 0 Å². The molecule has 0 aliphatic carbocycles. The molecule has 0 spiro atoms. The number of hydrogen-bond acceptors (Lipinski definition) is 2. The predicted octanol–water partition coefficient (Wildman–Crippen LogP) is 0.0571. The average molecular weight is 176 g/mol. The van der Waals surface area contributed by atoms with Crippen molar-refractivity contribution in [2.75, 3.05) is 0 Å². The van der Waals surface area contributed by atoms with E-state index in [9.17, 15) is 0 Å². The molecule has 0 aliphatic heterocycles. The Balaban J connectivity index is -0.0000000910. The van der Waals surface area contributed by atoms with E-state index in [2.05, 4.69) is 13.2 Å². The van der Waals surface area contributed by atoms with E-state index < -0.39 is 10.4 Å². The van der Waals surface area contributed by atoms with Gasteiger partial charge < -0.3 is 0 Å². The van der Waals surface area contributed by atoms with Crippen LogP contribution < -0.4 is 0 Å². The van der Waals surface area contributed by atoms with Gasteiger partial charge in [0.2, 0.25) is 0 Å². The van der Waals surface area contributed by atoms with Crippen LogP contribution in [0.5, 0.6) is 0 Å². The molecule has 6 heteroatoms. The second-order valence-electron chi connectivity index (χ2n) is 0.919. The van der Waals surface area contributed by atoms with Crippen LogP contribution in [-0.4, -0.2) is 47.1 Å². The van der Waals surface area contributed by atoms with Gasteiger partial charge in [-0.25, -0.2) is 0 Å². The van der Waals surface area contributed by atoms with Crippen LogP contribution in [0.15, 0.2) is 25.3 Å². The Morgan fingerprint density at radius 1 is 1.10 bits per heavy atom. The third-order valence-electron chi connectivity index (χ3n) is 0.167.